The lowest BCUT2D eigenvalue weighted by molar-refractivity contribution is -0.136. The highest BCUT2D eigenvalue weighted by molar-refractivity contribution is 5.69. The first kappa shape index (κ1) is 9.21. The summed E-state index contributed by atoms with van der Waals surface area (Å²) in [5.74, 6) is 0.0996. The Labute approximate surface area is 81.5 Å². The third-order valence-corrected chi connectivity index (χ3v) is 2.52. The Balaban J connectivity index is 2.24. The summed E-state index contributed by atoms with van der Waals surface area (Å²) in [5.41, 5.74) is 6.57. The Morgan fingerprint density at radius 2 is 2.57 bits per heavy atom. The normalized spacial score (nSPS) is 20.5. The molecule has 0 amide bonds. The van der Waals surface area contributed by atoms with Crippen molar-refractivity contribution in [1.82, 2.24) is 9.55 Å². The van der Waals surface area contributed by atoms with Crippen LogP contribution in [-0.2, 0) is 24.2 Å². The van der Waals surface area contributed by atoms with Gasteiger partial charge in [0, 0.05) is 30.9 Å². The number of hydrogen-bond donors (Lipinski definition) is 2. The summed E-state index contributed by atoms with van der Waals surface area (Å²) < 4.78 is 1.97. The molecule has 0 spiro atoms. The molecule has 2 heterocycles. The average molecular weight is 195 g/mol. The van der Waals surface area contributed by atoms with Crippen LogP contribution in [0.3, 0.4) is 0 Å². The van der Waals surface area contributed by atoms with E-state index in [9.17, 15) is 4.79 Å². The van der Waals surface area contributed by atoms with E-state index in [0.29, 0.717) is 0 Å². The Morgan fingerprint density at radius 1 is 1.79 bits per heavy atom. The fraction of sp³-hybridized carbons (Fsp3) is 0.556. The van der Waals surface area contributed by atoms with Crippen LogP contribution in [-0.4, -0.2) is 26.7 Å². The van der Waals surface area contributed by atoms with Gasteiger partial charge in [0.25, 0.3) is 0 Å². The lowest BCUT2D eigenvalue weighted by Gasteiger charge is -2.21. The van der Waals surface area contributed by atoms with Gasteiger partial charge in [-0.15, -0.1) is 0 Å². The van der Waals surface area contributed by atoms with E-state index in [0.717, 1.165) is 30.9 Å². The highest BCUT2D eigenvalue weighted by atomic mass is 16.4. The molecule has 2 rings (SSSR count). The van der Waals surface area contributed by atoms with E-state index < -0.39 is 5.97 Å². The van der Waals surface area contributed by atoms with Gasteiger partial charge in [-0.1, -0.05) is 0 Å². The van der Waals surface area contributed by atoms with Crippen molar-refractivity contribution in [3.8, 4) is 0 Å². The molecule has 0 aromatic carbocycles. The molecule has 1 aromatic heterocycles. The van der Waals surface area contributed by atoms with Gasteiger partial charge in [-0.25, -0.2) is 4.98 Å². The second-order valence-corrected chi connectivity index (χ2v) is 3.64. The number of hydrogen-bond acceptors (Lipinski definition) is 3. The van der Waals surface area contributed by atoms with Crippen LogP contribution in [0.1, 0.15) is 17.9 Å². The van der Waals surface area contributed by atoms with Crippen LogP contribution >= 0.6 is 0 Å². The van der Waals surface area contributed by atoms with Crippen LogP contribution in [0.2, 0.25) is 0 Å². The number of aliphatic carboxylic acids is 1. The first-order valence-electron chi connectivity index (χ1n) is 4.67. The van der Waals surface area contributed by atoms with E-state index in [1.54, 1.807) is 6.20 Å². The van der Waals surface area contributed by atoms with Crippen LogP contribution in [0.5, 0.6) is 0 Å². The summed E-state index contributed by atoms with van der Waals surface area (Å²) in [7, 11) is 0. The molecule has 1 aliphatic heterocycles. The second kappa shape index (κ2) is 3.42. The molecule has 0 radical (unpaired) electrons. The fourth-order valence-electron chi connectivity index (χ4n) is 1.82. The Hall–Kier alpha value is -1.36. The molecule has 0 bridgehead atoms. The third kappa shape index (κ3) is 1.63. The van der Waals surface area contributed by atoms with E-state index >= 15 is 0 Å². The van der Waals surface area contributed by atoms with Crippen LogP contribution in [0, 0.1) is 0 Å². The maximum Gasteiger partial charge on any atom is 0.309 e. The quantitative estimate of drug-likeness (QED) is 0.683. The fourth-order valence-corrected chi connectivity index (χ4v) is 1.82. The molecule has 0 aliphatic carbocycles. The molecule has 14 heavy (non-hydrogen) atoms. The predicted octanol–water partition coefficient (Wildman–Crippen LogP) is -0.216. The summed E-state index contributed by atoms with van der Waals surface area (Å²) >= 11 is 0. The zero-order valence-corrected chi connectivity index (χ0v) is 7.81. The Morgan fingerprint density at radius 3 is 3.29 bits per heavy atom. The number of aromatic nitrogens is 2. The van der Waals surface area contributed by atoms with E-state index in [1.807, 2.05) is 4.57 Å². The number of carboxylic acid groups (broad SMARTS) is 1. The molecule has 1 aliphatic rings. The number of nitrogens with two attached hydrogens (primary N) is 1. The third-order valence-electron chi connectivity index (χ3n) is 2.52. The summed E-state index contributed by atoms with van der Waals surface area (Å²) in [6.07, 6.45) is 3.33. The summed E-state index contributed by atoms with van der Waals surface area (Å²) in [5, 5.41) is 8.67. The topological polar surface area (TPSA) is 81.1 Å². The number of carbonyl (C=O) groups is 1. The Kier molecular flexibility index (Phi) is 2.25. The molecule has 1 unspecified atom stereocenters. The van der Waals surface area contributed by atoms with Gasteiger partial charge in [0.2, 0.25) is 0 Å². The molecule has 5 nitrogen and oxygen atoms in total. The minimum absolute atomic E-state index is 0.0439. The number of imidazole rings is 1. The van der Waals surface area contributed by atoms with Gasteiger partial charge in [0.05, 0.1) is 6.42 Å². The monoisotopic (exact) mass is 195 g/mol. The number of rotatable bonds is 2. The van der Waals surface area contributed by atoms with Crippen molar-refractivity contribution in [3.63, 3.8) is 0 Å². The predicted molar refractivity (Wildman–Crippen MR) is 49.9 cm³/mol. The maximum atomic E-state index is 10.6. The van der Waals surface area contributed by atoms with E-state index in [4.69, 9.17) is 10.8 Å². The van der Waals surface area contributed by atoms with Gasteiger partial charge in [-0.3, -0.25) is 4.79 Å². The van der Waals surface area contributed by atoms with Crippen molar-refractivity contribution in [3.05, 3.63) is 17.7 Å². The first-order chi connectivity index (χ1) is 6.66. The van der Waals surface area contributed by atoms with Crippen molar-refractivity contribution in [2.75, 3.05) is 0 Å². The average Bonchev–Trinajstić information content (AvgIpc) is 2.47. The molecule has 0 saturated carbocycles. The van der Waals surface area contributed by atoms with Crippen molar-refractivity contribution < 1.29 is 9.90 Å². The van der Waals surface area contributed by atoms with Crippen molar-refractivity contribution >= 4 is 5.97 Å². The first-order valence-corrected chi connectivity index (χ1v) is 4.67. The van der Waals surface area contributed by atoms with Crippen LogP contribution in [0.4, 0.5) is 0 Å². The Bertz CT molecular complexity index is 359. The largest absolute Gasteiger partial charge is 0.481 e. The minimum Gasteiger partial charge on any atom is -0.481 e. The van der Waals surface area contributed by atoms with E-state index in [-0.39, 0.29) is 12.5 Å². The van der Waals surface area contributed by atoms with Crippen LogP contribution in [0.25, 0.3) is 0 Å². The SMILES string of the molecule is NC1CCn2c(CC(=O)O)cnc2C1. The zero-order valence-electron chi connectivity index (χ0n) is 7.81. The van der Waals surface area contributed by atoms with Gasteiger partial charge in [-0.05, 0) is 6.42 Å². The van der Waals surface area contributed by atoms with E-state index in [2.05, 4.69) is 4.98 Å². The maximum absolute atomic E-state index is 10.6. The highest BCUT2D eigenvalue weighted by Crippen LogP contribution is 2.15. The van der Waals surface area contributed by atoms with Gasteiger partial charge < -0.3 is 15.4 Å². The highest BCUT2D eigenvalue weighted by Gasteiger charge is 2.19. The van der Waals surface area contributed by atoms with Crippen molar-refractivity contribution in [1.29, 1.82) is 0 Å². The van der Waals surface area contributed by atoms with Crippen LogP contribution in [0.15, 0.2) is 6.20 Å². The smallest absolute Gasteiger partial charge is 0.309 e. The summed E-state index contributed by atoms with van der Waals surface area (Å²) in [6, 6.07) is 0.169. The standard InChI is InChI=1S/C9H13N3O2/c10-6-1-2-12-7(4-9(13)14)5-11-8(12)3-6/h5-6H,1-4,10H2,(H,13,14). The summed E-state index contributed by atoms with van der Waals surface area (Å²) in [6.45, 7) is 0.791. The van der Waals surface area contributed by atoms with Gasteiger partial charge in [0.15, 0.2) is 0 Å². The minimum atomic E-state index is -0.817. The van der Waals surface area contributed by atoms with E-state index in [1.165, 1.54) is 0 Å². The number of nitrogens with zero attached hydrogens (tertiary/aromatic N) is 2. The van der Waals surface area contributed by atoms with Gasteiger partial charge in [-0.2, -0.15) is 0 Å². The molecule has 0 saturated heterocycles. The molecule has 5 heteroatoms. The zero-order chi connectivity index (χ0) is 10.1. The molecule has 0 fully saturated rings. The molecule has 3 N–H and O–H groups in total. The molecular weight excluding hydrogens is 182 g/mol. The lowest BCUT2D eigenvalue weighted by atomic mass is 10.1. The second-order valence-electron chi connectivity index (χ2n) is 3.64. The van der Waals surface area contributed by atoms with Gasteiger partial charge >= 0.3 is 5.97 Å². The molecular formula is C9H13N3O2. The molecule has 1 atom stereocenters. The molecule has 76 valence electrons. The van der Waals surface area contributed by atoms with Gasteiger partial charge in [0.1, 0.15) is 5.82 Å². The van der Waals surface area contributed by atoms with Crippen molar-refractivity contribution in [2.24, 2.45) is 5.73 Å². The van der Waals surface area contributed by atoms with Crippen molar-refractivity contribution in [2.45, 2.75) is 31.8 Å². The summed E-state index contributed by atoms with van der Waals surface area (Å²) in [4.78, 5) is 14.7. The number of carboxylic acids is 1. The molecule has 1 aromatic rings. The number of fused-ring (bicyclic) bond motifs is 1. The lowest BCUT2D eigenvalue weighted by Crippen LogP contribution is -2.31. The van der Waals surface area contributed by atoms with Crippen LogP contribution < -0.4 is 5.73 Å².